The molecular formula is C32H56O4. The molecule has 0 aliphatic rings. The van der Waals surface area contributed by atoms with Gasteiger partial charge < -0.3 is 9.47 Å². The van der Waals surface area contributed by atoms with Crippen LogP contribution in [-0.2, 0) is 9.59 Å². The van der Waals surface area contributed by atoms with Gasteiger partial charge in [-0.1, -0.05) is 112 Å². The van der Waals surface area contributed by atoms with Crippen LogP contribution in [0.15, 0.2) is 18.2 Å². The zero-order chi connectivity index (χ0) is 27.2. The van der Waals surface area contributed by atoms with Crippen molar-refractivity contribution in [3.63, 3.8) is 0 Å². The number of benzene rings is 1. The fourth-order valence-electron chi connectivity index (χ4n) is 4.49. The van der Waals surface area contributed by atoms with Gasteiger partial charge in [-0.15, -0.1) is 0 Å². The second kappa shape index (κ2) is 22.4. The Kier molecular flexibility index (Phi) is 21.2. The van der Waals surface area contributed by atoms with Crippen molar-refractivity contribution >= 4 is 11.9 Å². The first-order valence-electron chi connectivity index (χ1n) is 14.9. The molecule has 0 spiro atoms. The minimum absolute atomic E-state index is 0.215. The number of carbonyl (C=O) groups is 2. The Morgan fingerprint density at radius 1 is 0.639 bits per heavy atom. The largest absolute Gasteiger partial charge is 0.426 e. The zero-order valence-corrected chi connectivity index (χ0v) is 24.6. The standard InChI is InChI=1S/C30H50O4.C2H6/c1-6-10-12-14-16-26(9-4)18-20-30(32)34-28-22-24(5)21-27(23-28)33-29(31)19-17-25(8-3)15-13-11-7-2;1-2/h21-23,25-26H,6-20H2,1-5H3;1-2H3. The molecule has 0 saturated heterocycles. The number of hydrogen-bond acceptors (Lipinski definition) is 4. The summed E-state index contributed by atoms with van der Waals surface area (Å²) < 4.78 is 11.2. The van der Waals surface area contributed by atoms with Crippen LogP contribution in [0.25, 0.3) is 0 Å². The van der Waals surface area contributed by atoms with Crippen molar-refractivity contribution in [1.29, 1.82) is 0 Å². The first kappa shape index (κ1) is 34.2. The average Bonchev–Trinajstić information content (AvgIpc) is 2.86. The maximum absolute atomic E-state index is 12.4. The van der Waals surface area contributed by atoms with Gasteiger partial charge in [-0.3, -0.25) is 9.59 Å². The minimum Gasteiger partial charge on any atom is -0.426 e. The summed E-state index contributed by atoms with van der Waals surface area (Å²) in [6.45, 7) is 14.7. The van der Waals surface area contributed by atoms with E-state index in [1.807, 2.05) is 32.9 Å². The lowest BCUT2D eigenvalue weighted by molar-refractivity contribution is -0.135. The van der Waals surface area contributed by atoms with Crippen LogP contribution in [0, 0.1) is 18.8 Å². The molecule has 36 heavy (non-hydrogen) atoms. The fourth-order valence-corrected chi connectivity index (χ4v) is 4.49. The lowest BCUT2D eigenvalue weighted by Crippen LogP contribution is -2.12. The van der Waals surface area contributed by atoms with E-state index < -0.39 is 0 Å². The molecule has 0 aliphatic heterocycles. The minimum atomic E-state index is -0.217. The third kappa shape index (κ3) is 16.8. The van der Waals surface area contributed by atoms with Crippen molar-refractivity contribution in [3.05, 3.63) is 23.8 Å². The Bertz CT molecular complexity index is 697. The average molecular weight is 505 g/mol. The van der Waals surface area contributed by atoms with E-state index in [4.69, 9.17) is 9.47 Å². The molecule has 0 fully saturated rings. The summed E-state index contributed by atoms with van der Waals surface area (Å²) in [5, 5.41) is 0. The summed E-state index contributed by atoms with van der Waals surface area (Å²) in [7, 11) is 0. The van der Waals surface area contributed by atoms with Crippen molar-refractivity contribution in [2.24, 2.45) is 11.8 Å². The molecule has 0 radical (unpaired) electrons. The van der Waals surface area contributed by atoms with Crippen LogP contribution in [0.4, 0.5) is 0 Å². The van der Waals surface area contributed by atoms with Crippen molar-refractivity contribution in [2.75, 3.05) is 0 Å². The monoisotopic (exact) mass is 504 g/mol. The number of aryl methyl sites for hydroxylation is 1. The molecular weight excluding hydrogens is 448 g/mol. The van der Waals surface area contributed by atoms with Gasteiger partial charge in [0.15, 0.2) is 0 Å². The van der Waals surface area contributed by atoms with Gasteiger partial charge in [0, 0.05) is 18.9 Å². The van der Waals surface area contributed by atoms with E-state index in [0.29, 0.717) is 36.2 Å². The van der Waals surface area contributed by atoms with Gasteiger partial charge in [-0.2, -0.15) is 0 Å². The third-order valence-electron chi connectivity index (χ3n) is 6.84. The summed E-state index contributed by atoms with van der Waals surface area (Å²) in [6, 6.07) is 5.29. The van der Waals surface area contributed by atoms with E-state index in [9.17, 15) is 9.59 Å². The molecule has 1 aromatic rings. The Morgan fingerprint density at radius 2 is 1.06 bits per heavy atom. The second-order valence-electron chi connectivity index (χ2n) is 9.90. The van der Waals surface area contributed by atoms with Crippen LogP contribution >= 0.6 is 0 Å². The van der Waals surface area contributed by atoms with E-state index in [0.717, 1.165) is 31.2 Å². The predicted octanol–water partition coefficient (Wildman–Crippen LogP) is 10.00. The molecule has 0 saturated carbocycles. The Balaban J connectivity index is 0.00000596. The Morgan fingerprint density at radius 3 is 1.47 bits per heavy atom. The molecule has 0 aromatic heterocycles. The highest BCUT2D eigenvalue weighted by Crippen LogP contribution is 2.26. The van der Waals surface area contributed by atoms with Gasteiger partial charge in [0.25, 0.3) is 0 Å². The number of hydrogen-bond donors (Lipinski definition) is 0. The molecule has 2 unspecified atom stereocenters. The molecule has 208 valence electrons. The zero-order valence-electron chi connectivity index (χ0n) is 24.6. The fraction of sp³-hybridized carbons (Fsp3) is 0.750. The van der Waals surface area contributed by atoms with Crippen LogP contribution in [0.5, 0.6) is 11.5 Å². The lowest BCUT2D eigenvalue weighted by atomic mass is 9.93. The van der Waals surface area contributed by atoms with Crippen LogP contribution in [-0.4, -0.2) is 11.9 Å². The van der Waals surface area contributed by atoms with Crippen molar-refractivity contribution in [2.45, 2.75) is 145 Å². The van der Waals surface area contributed by atoms with Gasteiger partial charge >= 0.3 is 11.9 Å². The first-order valence-corrected chi connectivity index (χ1v) is 14.9. The Labute approximate surface area is 222 Å². The molecule has 0 bridgehead atoms. The molecule has 0 amide bonds. The summed E-state index contributed by atoms with van der Waals surface area (Å²) in [4.78, 5) is 24.9. The smallest absolute Gasteiger partial charge is 0.311 e. The predicted molar refractivity (Wildman–Crippen MR) is 153 cm³/mol. The molecule has 0 aliphatic carbocycles. The van der Waals surface area contributed by atoms with E-state index in [-0.39, 0.29) is 11.9 Å². The summed E-state index contributed by atoms with van der Waals surface area (Å²) in [5.41, 5.74) is 0.904. The number of ether oxygens (including phenoxy) is 2. The van der Waals surface area contributed by atoms with Gasteiger partial charge in [0.2, 0.25) is 0 Å². The normalized spacial score (nSPS) is 12.3. The molecule has 4 nitrogen and oxygen atoms in total. The summed E-state index contributed by atoms with van der Waals surface area (Å²) in [5.74, 6) is 1.63. The molecule has 2 atom stereocenters. The van der Waals surface area contributed by atoms with E-state index in [1.165, 1.54) is 57.8 Å². The highest BCUT2D eigenvalue weighted by Gasteiger charge is 2.14. The second-order valence-corrected chi connectivity index (χ2v) is 9.90. The van der Waals surface area contributed by atoms with Crippen molar-refractivity contribution in [3.8, 4) is 11.5 Å². The van der Waals surface area contributed by atoms with Crippen molar-refractivity contribution in [1.82, 2.24) is 0 Å². The summed E-state index contributed by atoms with van der Waals surface area (Å²) in [6.07, 6.45) is 15.9. The quantitative estimate of drug-likeness (QED) is 0.107. The molecule has 1 aromatic carbocycles. The molecule has 0 heterocycles. The molecule has 1 rings (SSSR count). The topological polar surface area (TPSA) is 52.6 Å². The first-order chi connectivity index (χ1) is 17.4. The molecule has 4 heteroatoms. The number of esters is 2. The SMILES string of the molecule is CC.CCCCCCC(CC)CCC(=O)Oc1cc(C)cc(OC(=O)CCC(CC)CCCCC)c1. The maximum Gasteiger partial charge on any atom is 0.311 e. The maximum atomic E-state index is 12.4. The Hall–Kier alpha value is -1.84. The van der Waals surface area contributed by atoms with Crippen LogP contribution in [0.3, 0.4) is 0 Å². The lowest BCUT2D eigenvalue weighted by Gasteiger charge is -2.15. The van der Waals surface area contributed by atoms with E-state index in [2.05, 4.69) is 27.7 Å². The van der Waals surface area contributed by atoms with Crippen LogP contribution < -0.4 is 9.47 Å². The van der Waals surface area contributed by atoms with Crippen LogP contribution in [0.2, 0.25) is 0 Å². The van der Waals surface area contributed by atoms with Crippen molar-refractivity contribution < 1.29 is 19.1 Å². The highest BCUT2D eigenvalue weighted by atomic mass is 16.5. The van der Waals surface area contributed by atoms with Gasteiger partial charge in [0.05, 0.1) is 0 Å². The third-order valence-corrected chi connectivity index (χ3v) is 6.84. The number of rotatable bonds is 19. The molecule has 0 N–H and O–H groups in total. The van der Waals surface area contributed by atoms with E-state index in [1.54, 1.807) is 6.07 Å². The van der Waals surface area contributed by atoms with Crippen LogP contribution in [0.1, 0.15) is 143 Å². The van der Waals surface area contributed by atoms with Gasteiger partial charge in [-0.25, -0.2) is 0 Å². The van der Waals surface area contributed by atoms with E-state index >= 15 is 0 Å². The summed E-state index contributed by atoms with van der Waals surface area (Å²) >= 11 is 0. The number of unbranched alkanes of at least 4 members (excludes halogenated alkanes) is 5. The van der Waals surface area contributed by atoms with Gasteiger partial charge in [0.1, 0.15) is 11.5 Å². The van der Waals surface area contributed by atoms with Gasteiger partial charge in [-0.05, 0) is 49.3 Å². The number of carbonyl (C=O) groups excluding carboxylic acids is 2. The highest BCUT2D eigenvalue weighted by molar-refractivity contribution is 5.74.